The first-order chi connectivity index (χ1) is 8.38. The van der Waals surface area contributed by atoms with Crippen LogP contribution in [0.25, 0.3) is 0 Å². The van der Waals surface area contributed by atoms with Crippen LogP contribution in [0.3, 0.4) is 0 Å². The third-order valence-corrected chi connectivity index (χ3v) is 3.98. The minimum absolute atomic E-state index is 0.0314. The molecule has 0 spiro atoms. The van der Waals surface area contributed by atoms with Gasteiger partial charge in [-0.15, -0.1) is 0 Å². The number of anilines is 1. The molecule has 2 aromatic rings. The van der Waals surface area contributed by atoms with Crippen molar-refractivity contribution in [3.05, 3.63) is 40.3 Å². The largest absolute Gasteiger partial charge is 0.332 e. The number of aromatic nitrogens is 2. The molecular formula is C10H9Cl2N3O2S. The van der Waals surface area contributed by atoms with Gasteiger partial charge < -0.3 is 4.98 Å². The minimum Gasteiger partial charge on any atom is -0.332 e. The number of halogens is 2. The standard InChI is InChI=1S/C10H9Cl2N3O2S/c1-6-13-5-10(14-6)18(16,17)15-9-4-7(11)2-3-8(9)12/h2-5,15H,1H3,(H,13,14). The smallest absolute Gasteiger partial charge is 0.279 e. The summed E-state index contributed by atoms with van der Waals surface area (Å²) in [7, 11) is -3.74. The lowest BCUT2D eigenvalue weighted by molar-refractivity contribution is 0.598. The van der Waals surface area contributed by atoms with E-state index in [1.54, 1.807) is 13.0 Å². The highest BCUT2D eigenvalue weighted by atomic mass is 35.5. The Morgan fingerprint density at radius 2 is 2.06 bits per heavy atom. The molecular weight excluding hydrogens is 297 g/mol. The van der Waals surface area contributed by atoms with Crippen LogP contribution in [0.1, 0.15) is 5.82 Å². The predicted molar refractivity (Wildman–Crippen MR) is 70.6 cm³/mol. The van der Waals surface area contributed by atoms with Crippen molar-refractivity contribution < 1.29 is 8.42 Å². The quantitative estimate of drug-likeness (QED) is 0.915. The first-order valence-electron chi connectivity index (χ1n) is 4.88. The summed E-state index contributed by atoms with van der Waals surface area (Å²) in [5, 5.41) is 0.619. The summed E-state index contributed by atoms with van der Waals surface area (Å²) in [5.74, 6) is 0.507. The SMILES string of the molecule is Cc1ncc(S(=O)(=O)Nc2cc(Cl)ccc2Cl)[nH]1. The zero-order valence-corrected chi connectivity index (χ0v) is 11.6. The summed E-state index contributed by atoms with van der Waals surface area (Å²) in [6.07, 6.45) is 1.23. The van der Waals surface area contributed by atoms with Crippen LogP contribution in [0.4, 0.5) is 5.69 Å². The van der Waals surface area contributed by atoms with Crippen molar-refractivity contribution in [1.82, 2.24) is 9.97 Å². The van der Waals surface area contributed by atoms with Gasteiger partial charge in [-0.3, -0.25) is 4.72 Å². The number of aryl methyl sites for hydroxylation is 1. The van der Waals surface area contributed by atoms with E-state index in [2.05, 4.69) is 14.7 Å². The molecule has 2 N–H and O–H groups in total. The summed E-state index contributed by atoms with van der Waals surface area (Å²) in [6, 6.07) is 4.52. The average Bonchev–Trinajstić information content (AvgIpc) is 2.71. The van der Waals surface area contributed by atoms with Gasteiger partial charge in [-0.25, -0.2) is 4.98 Å². The molecule has 0 bridgehead atoms. The highest BCUT2D eigenvalue weighted by Crippen LogP contribution is 2.27. The molecule has 0 saturated carbocycles. The van der Waals surface area contributed by atoms with E-state index in [1.165, 1.54) is 18.3 Å². The van der Waals surface area contributed by atoms with E-state index < -0.39 is 10.0 Å². The predicted octanol–water partition coefficient (Wildman–Crippen LogP) is 2.83. The molecule has 0 unspecified atom stereocenters. The Morgan fingerprint density at radius 3 is 2.67 bits per heavy atom. The number of rotatable bonds is 3. The molecule has 2 rings (SSSR count). The average molecular weight is 306 g/mol. The van der Waals surface area contributed by atoms with Crippen LogP contribution in [0.5, 0.6) is 0 Å². The Morgan fingerprint density at radius 1 is 1.33 bits per heavy atom. The molecule has 1 heterocycles. The van der Waals surface area contributed by atoms with Gasteiger partial charge in [-0.1, -0.05) is 23.2 Å². The summed E-state index contributed by atoms with van der Waals surface area (Å²) in [4.78, 5) is 6.46. The van der Waals surface area contributed by atoms with Crippen molar-refractivity contribution in [2.75, 3.05) is 4.72 Å². The lowest BCUT2D eigenvalue weighted by Crippen LogP contribution is -2.13. The topological polar surface area (TPSA) is 74.8 Å². The zero-order valence-electron chi connectivity index (χ0n) is 9.24. The number of hydrogen-bond donors (Lipinski definition) is 2. The van der Waals surface area contributed by atoms with Crippen molar-refractivity contribution >= 4 is 38.9 Å². The normalized spacial score (nSPS) is 11.5. The fourth-order valence-corrected chi connectivity index (χ4v) is 2.75. The molecule has 1 aromatic carbocycles. The van der Waals surface area contributed by atoms with Gasteiger partial charge in [0.05, 0.1) is 16.9 Å². The second-order valence-electron chi connectivity index (χ2n) is 3.56. The van der Waals surface area contributed by atoms with E-state index in [9.17, 15) is 8.42 Å². The van der Waals surface area contributed by atoms with Gasteiger partial charge in [-0.2, -0.15) is 8.42 Å². The van der Waals surface area contributed by atoms with Gasteiger partial charge in [0.25, 0.3) is 10.0 Å². The number of sulfonamides is 1. The van der Waals surface area contributed by atoms with E-state index in [1.807, 2.05) is 0 Å². The minimum atomic E-state index is -3.74. The van der Waals surface area contributed by atoms with Crippen LogP contribution in [-0.2, 0) is 10.0 Å². The molecule has 1 aromatic heterocycles. The number of H-pyrrole nitrogens is 1. The maximum Gasteiger partial charge on any atom is 0.279 e. The maximum absolute atomic E-state index is 12.0. The summed E-state index contributed by atoms with van der Waals surface area (Å²) >= 11 is 11.7. The van der Waals surface area contributed by atoms with Crippen LogP contribution in [0.15, 0.2) is 29.4 Å². The van der Waals surface area contributed by atoms with E-state index in [0.717, 1.165) is 0 Å². The van der Waals surface area contributed by atoms with Crippen molar-refractivity contribution in [3.63, 3.8) is 0 Å². The molecule has 0 amide bonds. The third-order valence-electron chi connectivity index (χ3n) is 2.14. The van der Waals surface area contributed by atoms with Gasteiger partial charge in [0, 0.05) is 5.02 Å². The molecule has 0 aliphatic heterocycles. The molecule has 5 nitrogen and oxygen atoms in total. The first kappa shape index (κ1) is 13.2. The molecule has 0 radical (unpaired) electrons. The number of nitrogens with zero attached hydrogens (tertiary/aromatic N) is 1. The van der Waals surface area contributed by atoms with Crippen LogP contribution in [0.2, 0.25) is 10.0 Å². The van der Waals surface area contributed by atoms with Crippen LogP contribution in [-0.4, -0.2) is 18.4 Å². The Labute approximate surface area is 114 Å². The number of benzene rings is 1. The van der Waals surface area contributed by atoms with E-state index in [-0.39, 0.29) is 15.7 Å². The van der Waals surface area contributed by atoms with Crippen molar-refractivity contribution in [3.8, 4) is 0 Å². The third kappa shape index (κ3) is 2.77. The number of hydrogen-bond acceptors (Lipinski definition) is 3. The molecule has 18 heavy (non-hydrogen) atoms. The van der Waals surface area contributed by atoms with Gasteiger partial charge in [-0.05, 0) is 25.1 Å². The molecule has 96 valence electrons. The molecule has 0 fully saturated rings. The van der Waals surface area contributed by atoms with E-state index in [0.29, 0.717) is 10.8 Å². The Balaban J connectivity index is 2.36. The number of nitrogens with one attached hydrogen (secondary N) is 2. The highest BCUT2D eigenvalue weighted by molar-refractivity contribution is 7.92. The maximum atomic E-state index is 12.0. The lowest BCUT2D eigenvalue weighted by Gasteiger charge is -2.08. The first-order valence-corrected chi connectivity index (χ1v) is 7.12. The van der Waals surface area contributed by atoms with Gasteiger partial charge in [0.1, 0.15) is 5.82 Å². The summed E-state index contributed by atoms with van der Waals surface area (Å²) < 4.78 is 26.3. The molecule has 8 heteroatoms. The number of imidazole rings is 1. The summed E-state index contributed by atoms with van der Waals surface area (Å²) in [5.41, 5.74) is 0.219. The fraction of sp³-hybridized carbons (Fsp3) is 0.100. The van der Waals surface area contributed by atoms with E-state index >= 15 is 0 Å². The van der Waals surface area contributed by atoms with Gasteiger partial charge in [0.15, 0.2) is 5.03 Å². The van der Waals surface area contributed by atoms with E-state index in [4.69, 9.17) is 23.2 Å². The van der Waals surface area contributed by atoms with Crippen LogP contribution >= 0.6 is 23.2 Å². The van der Waals surface area contributed by atoms with Crippen molar-refractivity contribution in [2.24, 2.45) is 0 Å². The molecule has 0 atom stereocenters. The second kappa shape index (κ2) is 4.79. The van der Waals surface area contributed by atoms with Crippen LogP contribution < -0.4 is 4.72 Å². The van der Waals surface area contributed by atoms with Crippen LogP contribution in [0, 0.1) is 6.92 Å². The monoisotopic (exact) mass is 305 g/mol. The summed E-state index contributed by atoms with van der Waals surface area (Å²) in [6.45, 7) is 1.66. The Bertz CT molecular complexity index is 682. The molecule has 0 saturated heterocycles. The Kier molecular flexibility index (Phi) is 3.52. The highest BCUT2D eigenvalue weighted by Gasteiger charge is 2.18. The van der Waals surface area contributed by atoms with Gasteiger partial charge >= 0.3 is 0 Å². The van der Waals surface area contributed by atoms with Gasteiger partial charge in [0.2, 0.25) is 0 Å². The lowest BCUT2D eigenvalue weighted by atomic mass is 10.3. The van der Waals surface area contributed by atoms with Crippen molar-refractivity contribution in [1.29, 1.82) is 0 Å². The Hall–Kier alpha value is -1.24. The molecule has 0 aliphatic rings. The second-order valence-corrected chi connectivity index (χ2v) is 6.06. The number of aromatic amines is 1. The van der Waals surface area contributed by atoms with Crippen molar-refractivity contribution in [2.45, 2.75) is 11.9 Å². The molecule has 0 aliphatic carbocycles. The zero-order chi connectivity index (χ0) is 13.3. The fourth-order valence-electron chi connectivity index (χ4n) is 1.31.